The molecule has 1 fully saturated rings. The summed E-state index contributed by atoms with van der Waals surface area (Å²) >= 11 is 0. The topological polar surface area (TPSA) is 96.0 Å². The number of hydrogen-bond donors (Lipinski definition) is 1. The van der Waals surface area contributed by atoms with E-state index < -0.39 is 35.5 Å². The van der Waals surface area contributed by atoms with Gasteiger partial charge >= 0.3 is 0 Å². The molecule has 0 aromatic heterocycles. The molecule has 2 heterocycles. The lowest BCUT2D eigenvalue weighted by Gasteiger charge is -2.27. The van der Waals surface area contributed by atoms with Crippen molar-refractivity contribution in [3.63, 3.8) is 0 Å². The summed E-state index contributed by atoms with van der Waals surface area (Å²) in [5, 5.41) is 2.12. The van der Waals surface area contributed by atoms with Gasteiger partial charge in [-0.1, -0.05) is 0 Å². The summed E-state index contributed by atoms with van der Waals surface area (Å²) in [6.07, 6.45) is 0.0857. The number of imide groups is 2. The second-order valence-corrected chi connectivity index (χ2v) is 6.21. The number of carbonyl (C=O) groups is 4. The molecule has 9 heteroatoms. The van der Waals surface area contributed by atoms with Gasteiger partial charge in [-0.25, -0.2) is 4.39 Å². The Morgan fingerprint density at radius 2 is 1.88 bits per heavy atom. The van der Waals surface area contributed by atoms with Gasteiger partial charge in [-0.2, -0.15) is 0 Å². The Labute approximate surface area is 148 Å². The van der Waals surface area contributed by atoms with Gasteiger partial charge in [0, 0.05) is 27.1 Å². The number of amides is 4. The fraction of sp³-hybridized carbons (Fsp3) is 0.412. The Hall–Kier alpha value is -2.81. The molecule has 1 saturated heterocycles. The largest absolute Gasteiger partial charge is 0.383 e. The summed E-state index contributed by atoms with van der Waals surface area (Å²) in [5.74, 6) is -3.19. The van der Waals surface area contributed by atoms with Crippen LogP contribution in [-0.4, -0.2) is 61.9 Å². The SMILES string of the molecule is COCCN(C)c1cc2c(cc1F)C(=O)N(C1CCC(=O)NC1=O)C2=O. The van der Waals surface area contributed by atoms with Gasteiger partial charge in [0.05, 0.1) is 23.4 Å². The molecule has 0 saturated carbocycles. The molecule has 8 nitrogen and oxygen atoms in total. The molecule has 138 valence electrons. The maximum atomic E-state index is 14.4. The lowest BCUT2D eigenvalue weighted by atomic mass is 10.0. The third kappa shape index (κ3) is 2.94. The van der Waals surface area contributed by atoms with Crippen LogP contribution in [0.25, 0.3) is 0 Å². The van der Waals surface area contributed by atoms with Gasteiger partial charge in [-0.05, 0) is 18.6 Å². The van der Waals surface area contributed by atoms with E-state index in [4.69, 9.17) is 4.74 Å². The van der Waals surface area contributed by atoms with E-state index in [-0.39, 0.29) is 29.7 Å². The number of ether oxygens (including phenoxy) is 1. The van der Waals surface area contributed by atoms with Gasteiger partial charge in [0.15, 0.2) is 0 Å². The van der Waals surface area contributed by atoms with Crippen molar-refractivity contribution in [1.82, 2.24) is 10.2 Å². The van der Waals surface area contributed by atoms with Crippen molar-refractivity contribution in [3.8, 4) is 0 Å². The zero-order chi connectivity index (χ0) is 19.0. The molecule has 26 heavy (non-hydrogen) atoms. The van der Waals surface area contributed by atoms with Crippen LogP contribution in [-0.2, 0) is 14.3 Å². The van der Waals surface area contributed by atoms with E-state index in [1.54, 1.807) is 11.9 Å². The molecule has 1 aromatic rings. The Morgan fingerprint density at radius 3 is 2.50 bits per heavy atom. The first-order chi connectivity index (χ1) is 12.3. The molecule has 1 aromatic carbocycles. The average Bonchev–Trinajstić information content (AvgIpc) is 2.83. The van der Waals surface area contributed by atoms with Crippen LogP contribution >= 0.6 is 0 Å². The average molecular weight is 363 g/mol. The minimum absolute atomic E-state index is 0.0309. The van der Waals surface area contributed by atoms with E-state index >= 15 is 0 Å². The minimum atomic E-state index is -1.07. The van der Waals surface area contributed by atoms with Crippen LogP contribution in [0.3, 0.4) is 0 Å². The van der Waals surface area contributed by atoms with Crippen LogP contribution in [0, 0.1) is 5.82 Å². The molecule has 0 spiro atoms. The van der Waals surface area contributed by atoms with Gasteiger partial charge < -0.3 is 9.64 Å². The molecule has 3 rings (SSSR count). The third-order valence-electron chi connectivity index (χ3n) is 4.55. The van der Waals surface area contributed by atoms with E-state index in [1.165, 1.54) is 13.2 Å². The summed E-state index contributed by atoms with van der Waals surface area (Å²) in [5.41, 5.74) is 0.119. The number of halogens is 1. The van der Waals surface area contributed by atoms with Crippen molar-refractivity contribution in [2.45, 2.75) is 18.9 Å². The number of nitrogens with zero attached hydrogens (tertiary/aromatic N) is 2. The summed E-state index contributed by atoms with van der Waals surface area (Å²) in [6, 6.07) is 1.25. The number of likely N-dealkylation sites (N-methyl/N-ethyl adjacent to an activating group) is 1. The molecule has 1 N–H and O–H groups in total. The highest BCUT2D eigenvalue weighted by Crippen LogP contribution is 2.32. The molecule has 2 aliphatic rings. The maximum Gasteiger partial charge on any atom is 0.262 e. The normalized spacial score (nSPS) is 19.7. The number of fused-ring (bicyclic) bond motifs is 1. The van der Waals surface area contributed by atoms with Crippen LogP contribution in [0.15, 0.2) is 12.1 Å². The van der Waals surface area contributed by atoms with E-state index in [9.17, 15) is 23.6 Å². The van der Waals surface area contributed by atoms with Gasteiger partial charge in [0.25, 0.3) is 11.8 Å². The number of piperidine rings is 1. The standard InChI is InChI=1S/C17H18FN3O5/c1-20(5-6-26-2)13-8-10-9(7-11(13)18)16(24)21(17(10)25)12-3-4-14(22)19-15(12)23/h7-8,12H,3-6H2,1-2H3,(H,19,22,23). The van der Waals surface area contributed by atoms with Crippen molar-refractivity contribution in [2.75, 3.05) is 32.2 Å². The number of nitrogens with one attached hydrogen (secondary N) is 1. The maximum absolute atomic E-state index is 14.4. The zero-order valence-electron chi connectivity index (χ0n) is 14.4. The number of benzene rings is 1. The molecule has 2 aliphatic heterocycles. The fourth-order valence-corrected chi connectivity index (χ4v) is 3.12. The predicted octanol–water partition coefficient (Wildman–Crippen LogP) is 0.309. The number of hydrogen-bond acceptors (Lipinski definition) is 6. The van der Waals surface area contributed by atoms with E-state index in [0.29, 0.717) is 13.2 Å². The summed E-state index contributed by atoms with van der Waals surface area (Å²) in [4.78, 5) is 51.0. The smallest absolute Gasteiger partial charge is 0.262 e. The molecular weight excluding hydrogens is 345 g/mol. The molecule has 0 radical (unpaired) electrons. The van der Waals surface area contributed by atoms with Gasteiger partial charge in [0.1, 0.15) is 11.9 Å². The van der Waals surface area contributed by atoms with Crippen molar-refractivity contribution in [1.29, 1.82) is 0 Å². The Kier molecular flexibility index (Phi) is 4.73. The van der Waals surface area contributed by atoms with Gasteiger partial charge in [0.2, 0.25) is 11.8 Å². The van der Waals surface area contributed by atoms with E-state index in [2.05, 4.69) is 5.32 Å². The third-order valence-corrected chi connectivity index (χ3v) is 4.55. The van der Waals surface area contributed by atoms with E-state index in [0.717, 1.165) is 11.0 Å². The Bertz CT molecular complexity index is 810. The van der Waals surface area contributed by atoms with Crippen molar-refractivity contribution in [3.05, 3.63) is 29.1 Å². The number of methoxy groups -OCH3 is 1. The highest BCUT2D eigenvalue weighted by molar-refractivity contribution is 6.23. The van der Waals surface area contributed by atoms with Crippen LogP contribution < -0.4 is 10.2 Å². The van der Waals surface area contributed by atoms with Crippen LogP contribution in [0.4, 0.5) is 10.1 Å². The number of rotatable bonds is 5. The molecule has 0 bridgehead atoms. The summed E-state index contributed by atoms with van der Waals surface area (Å²) < 4.78 is 19.4. The fourth-order valence-electron chi connectivity index (χ4n) is 3.12. The summed E-state index contributed by atoms with van der Waals surface area (Å²) in [7, 11) is 3.16. The Morgan fingerprint density at radius 1 is 1.23 bits per heavy atom. The van der Waals surface area contributed by atoms with Crippen LogP contribution in [0.5, 0.6) is 0 Å². The van der Waals surface area contributed by atoms with Gasteiger partial charge in [-0.3, -0.25) is 29.4 Å². The number of carbonyl (C=O) groups excluding carboxylic acids is 4. The van der Waals surface area contributed by atoms with E-state index in [1.807, 2.05) is 0 Å². The quantitative estimate of drug-likeness (QED) is 0.757. The van der Waals surface area contributed by atoms with Crippen LogP contribution in [0.2, 0.25) is 0 Å². The van der Waals surface area contributed by atoms with Crippen LogP contribution in [0.1, 0.15) is 33.6 Å². The van der Waals surface area contributed by atoms with Crippen molar-refractivity contribution >= 4 is 29.3 Å². The first kappa shape index (κ1) is 18.0. The lowest BCUT2D eigenvalue weighted by molar-refractivity contribution is -0.136. The predicted molar refractivity (Wildman–Crippen MR) is 88.2 cm³/mol. The first-order valence-corrected chi connectivity index (χ1v) is 8.10. The summed E-state index contributed by atoms with van der Waals surface area (Å²) in [6.45, 7) is 0.757. The monoisotopic (exact) mass is 363 g/mol. The highest BCUT2D eigenvalue weighted by Gasteiger charge is 2.45. The minimum Gasteiger partial charge on any atom is -0.383 e. The molecule has 4 amide bonds. The molecular formula is C17H18FN3O5. The molecule has 1 atom stereocenters. The molecule has 0 aliphatic carbocycles. The number of anilines is 1. The first-order valence-electron chi connectivity index (χ1n) is 8.10. The van der Waals surface area contributed by atoms with Gasteiger partial charge in [-0.15, -0.1) is 0 Å². The highest BCUT2D eigenvalue weighted by atomic mass is 19.1. The van der Waals surface area contributed by atoms with Crippen molar-refractivity contribution in [2.24, 2.45) is 0 Å². The molecule has 1 unspecified atom stereocenters. The van der Waals surface area contributed by atoms with Crippen molar-refractivity contribution < 1.29 is 28.3 Å². The second-order valence-electron chi connectivity index (χ2n) is 6.21. The Balaban J connectivity index is 1.92. The lowest BCUT2D eigenvalue weighted by Crippen LogP contribution is -2.54. The zero-order valence-corrected chi connectivity index (χ0v) is 14.4. The second kappa shape index (κ2) is 6.83.